The van der Waals surface area contributed by atoms with Gasteiger partial charge >= 0.3 is 0 Å². The van der Waals surface area contributed by atoms with Crippen LogP contribution in [0.2, 0.25) is 0 Å². The van der Waals surface area contributed by atoms with Crippen molar-refractivity contribution in [3.8, 4) is 5.69 Å². The average Bonchev–Trinajstić information content (AvgIpc) is 3.52. The molecule has 0 radical (unpaired) electrons. The lowest BCUT2D eigenvalue weighted by atomic mass is 10.0. The molecule has 3 aromatic rings. The normalized spacial score (nSPS) is 14.6. The molecule has 1 heterocycles. The van der Waals surface area contributed by atoms with Gasteiger partial charge in [0.25, 0.3) is 5.91 Å². The fourth-order valence-corrected chi connectivity index (χ4v) is 3.31. The predicted molar refractivity (Wildman–Crippen MR) is 104 cm³/mol. The molecular formula is C22H21N3O2. The summed E-state index contributed by atoms with van der Waals surface area (Å²) < 4.78 is 1.63. The Labute approximate surface area is 157 Å². The van der Waals surface area contributed by atoms with Gasteiger partial charge < -0.3 is 5.32 Å². The number of amides is 1. The molecule has 1 N–H and O–H groups in total. The molecule has 27 heavy (non-hydrogen) atoms. The van der Waals surface area contributed by atoms with Gasteiger partial charge in [-0.05, 0) is 43.4 Å². The topological polar surface area (TPSA) is 64.0 Å². The van der Waals surface area contributed by atoms with E-state index in [-0.39, 0.29) is 17.2 Å². The lowest BCUT2D eigenvalue weighted by Crippen LogP contribution is -2.35. The Balaban J connectivity index is 1.66. The molecule has 1 aromatic heterocycles. The Kier molecular flexibility index (Phi) is 4.59. The lowest BCUT2D eigenvalue weighted by Gasteiger charge is -2.19. The highest BCUT2D eigenvalue weighted by Crippen LogP contribution is 2.41. The number of carbonyl (C=O) groups is 1. The van der Waals surface area contributed by atoms with Crippen molar-refractivity contribution in [2.45, 2.75) is 25.8 Å². The van der Waals surface area contributed by atoms with E-state index >= 15 is 0 Å². The van der Waals surface area contributed by atoms with E-state index in [4.69, 9.17) is 0 Å². The van der Waals surface area contributed by atoms with Gasteiger partial charge in [0.05, 0.1) is 11.7 Å². The number of aromatic nitrogens is 2. The first kappa shape index (κ1) is 17.2. The first-order chi connectivity index (χ1) is 13.1. The van der Waals surface area contributed by atoms with Crippen molar-refractivity contribution in [1.82, 2.24) is 15.1 Å². The van der Waals surface area contributed by atoms with E-state index in [1.54, 1.807) is 11.6 Å². The third-order valence-electron chi connectivity index (χ3n) is 4.86. The number of aryl methyl sites for hydroxylation is 1. The van der Waals surface area contributed by atoms with Gasteiger partial charge in [0.2, 0.25) is 5.43 Å². The summed E-state index contributed by atoms with van der Waals surface area (Å²) >= 11 is 0. The Morgan fingerprint density at radius 1 is 1.07 bits per heavy atom. The number of carbonyl (C=O) groups excluding carboxylic acids is 1. The van der Waals surface area contributed by atoms with Gasteiger partial charge in [-0.25, -0.2) is 4.68 Å². The SMILES string of the molecule is Cc1cc(=O)c(C(=O)N[C@@H](c2ccccc2)C2CC2)nn1-c1ccccc1. The van der Waals surface area contributed by atoms with Crippen molar-refractivity contribution in [3.63, 3.8) is 0 Å². The van der Waals surface area contributed by atoms with Crippen LogP contribution in [-0.2, 0) is 0 Å². The maximum Gasteiger partial charge on any atom is 0.276 e. The van der Waals surface area contributed by atoms with Crippen LogP contribution >= 0.6 is 0 Å². The Hall–Kier alpha value is -3.21. The van der Waals surface area contributed by atoms with Crippen LogP contribution in [0.15, 0.2) is 71.5 Å². The molecule has 2 aromatic carbocycles. The second-order valence-electron chi connectivity index (χ2n) is 6.95. The van der Waals surface area contributed by atoms with Gasteiger partial charge in [-0.2, -0.15) is 5.10 Å². The van der Waals surface area contributed by atoms with Gasteiger partial charge in [-0.15, -0.1) is 0 Å². The minimum Gasteiger partial charge on any atom is -0.343 e. The first-order valence-electron chi connectivity index (χ1n) is 9.15. The van der Waals surface area contributed by atoms with Crippen LogP contribution in [0.25, 0.3) is 5.69 Å². The van der Waals surface area contributed by atoms with Gasteiger partial charge in [0.15, 0.2) is 5.69 Å². The summed E-state index contributed by atoms with van der Waals surface area (Å²) in [5.41, 5.74) is 2.12. The van der Waals surface area contributed by atoms with Crippen molar-refractivity contribution >= 4 is 5.91 Å². The third-order valence-corrected chi connectivity index (χ3v) is 4.86. The summed E-state index contributed by atoms with van der Waals surface area (Å²) in [6.07, 6.45) is 2.16. The fourth-order valence-electron chi connectivity index (χ4n) is 3.31. The highest BCUT2D eigenvalue weighted by Gasteiger charge is 2.34. The number of hydrogen-bond acceptors (Lipinski definition) is 3. The molecule has 1 saturated carbocycles. The number of para-hydroxylation sites is 1. The second kappa shape index (κ2) is 7.19. The molecule has 0 aliphatic heterocycles. The highest BCUT2D eigenvalue weighted by molar-refractivity contribution is 5.92. The minimum atomic E-state index is -0.426. The van der Waals surface area contributed by atoms with Crippen molar-refractivity contribution in [2.24, 2.45) is 5.92 Å². The molecule has 1 aliphatic rings. The molecule has 0 unspecified atom stereocenters. The summed E-state index contributed by atoms with van der Waals surface area (Å²) in [5.74, 6) is -0.0106. The number of nitrogens with one attached hydrogen (secondary N) is 1. The largest absolute Gasteiger partial charge is 0.343 e. The minimum absolute atomic E-state index is 0.0777. The Morgan fingerprint density at radius 2 is 1.70 bits per heavy atom. The van der Waals surface area contributed by atoms with Crippen LogP contribution in [0.3, 0.4) is 0 Å². The molecule has 0 saturated heterocycles. The van der Waals surface area contributed by atoms with Gasteiger partial charge in [0.1, 0.15) is 0 Å². The zero-order valence-corrected chi connectivity index (χ0v) is 15.1. The van der Waals surface area contributed by atoms with Crippen molar-refractivity contribution < 1.29 is 4.79 Å². The molecule has 1 fully saturated rings. The van der Waals surface area contributed by atoms with E-state index in [0.717, 1.165) is 24.1 Å². The summed E-state index contributed by atoms with van der Waals surface area (Å²) in [5, 5.41) is 7.40. The Bertz CT molecular complexity index is 1010. The zero-order chi connectivity index (χ0) is 18.8. The van der Waals surface area contributed by atoms with Crippen LogP contribution < -0.4 is 10.7 Å². The van der Waals surface area contributed by atoms with E-state index in [2.05, 4.69) is 10.4 Å². The van der Waals surface area contributed by atoms with Gasteiger partial charge in [-0.3, -0.25) is 9.59 Å². The first-order valence-corrected chi connectivity index (χ1v) is 9.15. The molecule has 136 valence electrons. The molecule has 5 nitrogen and oxygen atoms in total. The molecule has 1 aliphatic carbocycles. The van der Waals surface area contributed by atoms with Crippen molar-refractivity contribution in [3.05, 3.63) is 93.9 Å². The van der Waals surface area contributed by atoms with E-state index in [0.29, 0.717) is 11.6 Å². The molecule has 1 atom stereocenters. The number of rotatable bonds is 5. The standard InChI is InChI=1S/C22H21N3O2/c1-15-14-19(26)21(24-25(15)18-10-6-3-7-11-18)22(27)23-20(17-12-13-17)16-8-4-2-5-9-16/h2-11,14,17,20H,12-13H2,1H3,(H,23,27)/t20-/m0/s1. The predicted octanol–water partition coefficient (Wildman–Crippen LogP) is 3.42. The Morgan fingerprint density at radius 3 is 2.33 bits per heavy atom. The summed E-state index contributed by atoms with van der Waals surface area (Å²) in [6.45, 7) is 1.81. The van der Waals surface area contributed by atoms with Gasteiger partial charge in [-0.1, -0.05) is 48.5 Å². The van der Waals surface area contributed by atoms with E-state index in [1.165, 1.54) is 6.07 Å². The summed E-state index contributed by atoms with van der Waals surface area (Å²) in [6, 6.07) is 20.8. The monoisotopic (exact) mass is 359 g/mol. The highest BCUT2D eigenvalue weighted by atomic mass is 16.2. The molecular weight excluding hydrogens is 338 g/mol. The molecule has 0 bridgehead atoms. The summed E-state index contributed by atoms with van der Waals surface area (Å²) in [7, 11) is 0. The molecule has 4 rings (SSSR count). The maximum atomic E-state index is 12.9. The smallest absolute Gasteiger partial charge is 0.276 e. The average molecular weight is 359 g/mol. The fraction of sp³-hybridized carbons (Fsp3) is 0.227. The second-order valence-corrected chi connectivity index (χ2v) is 6.95. The molecule has 0 spiro atoms. The molecule has 1 amide bonds. The summed E-state index contributed by atoms with van der Waals surface area (Å²) in [4.78, 5) is 25.3. The third kappa shape index (κ3) is 3.67. The zero-order valence-electron chi connectivity index (χ0n) is 15.1. The van der Waals surface area contributed by atoms with E-state index < -0.39 is 5.91 Å². The van der Waals surface area contributed by atoms with Crippen LogP contribution in [0.4, 0.5) is 0 Å². The van der Waals surface area contributed by atoms with Crippen molar-refractivity contribution in [2.75, 3.05) is 0 Å². The number of hydrogen-bond donors (Lipinski definition) is 1. The maximum absolute atomic E-state index is 12.9. The quantitative estimate of drug-likeness (QED) is 0.759. The van der Waals surface area contributed by atoms with E-state index in [1.807, 2.05) is 60.7 Å². The van der Waals surface area contributed by atoms with Crippen LogP contribution in [0.5, 0.6) is 0 Å². The molecule has 5 heteroatoms. The number of benzene rings is 2. The lowest BCUT2D eigenvalue weighted by molar-refractivity contribution is 0.0923. The van der Waals surface area contributed by atoms with Crippen LogP contribution in [0, 0.1) is 12.8 Å². The van der Waals surface area contributed by atoms with Crippen LogP contribution in [0.1, 0.15) is 40.6 Å². The van der Waals surface area contributed by atoms with Crippen LogP contribution in [-0.4, -0.2) is 15.7 Å². The van der Waals surface area contributed by atoms with Crippen molar-refractivity contribution in [1.29, 1.82) is 0 Å². The van der Waals surface area contributed by atoms with E-state index in [9.17, 15) is 9.59 Å². The number of nitrogens with zero attached hydrogens (tertiary/aromatic N) is 2. The van der Waals surface area contributed by atoms with Gasteiger partial charge in [0, 0.05) is 11.8 Å².